The molecule has 1 N–H and O–H groups in total. The lowest BCUT2D eigenvalue weighted by Crippen LogP contribution is -2.42. The van der Waals surface area contributed by atoms with Gasteiger partial charge in [0.1, 0.15) is 0 Å². The molecule has 1 saturated heterocycles. The molecule has 0 radical (unpaired) electrons. The van der Waals surface area contributed by atoms with E-state index in [-0.39, 0.29) is 12.0 Å². The topological polar surface area (TPSA) is 85.3 Å². The van der Waals surface area contributed by atoms with Gasteiger partial charge in [0.15, 0.2) is 18.1 Å². The smallest absolute Gasteiger partial charge is 0.341 e. The van der Waals surface area contributed by atoms with Crippen LogP contribution in [0.5, 0.6) is 11.5 Å². The van der Waals surface area contributed by atoms with Gasteiger partial charge in [0.2, 0.25) is 0 Å². The van der Waals surface area contributed by atoms with Gasteiger partial charge < -0.3 is 24.2 Å². The number of amides is 1. The molecule has 1 heterocycles. The maximum atomic E-state index is 12.7. The van der Waals surface area contributed by atoms with Crippen molar-refractivity contribution in [3.05, 3.63) is 23.8 Å². The third kappa shape index (κ3) is 4.61. The predicted molar refractivity (Wildman–Crippen MR) is 86.7 cm³/mol. The molecule has 1 aromatic carbocycles. The van der Waals surface area contributed by atoms with Crippen LogP contribution in [0.15, 0.2) is 18.2 Å². The van der Waals surface area contributed by atoms with E-state index in [0.29, 0.717) is 36.8 Å². The second kappa shape index (κ2) is 8.54. The average molecular weight is 337 g/mol. The van der Waals surface area contributed by atoms with Crippen molar-refractivity contribution < 1.29 is 28.9 Å². The molecule has 1 aliphatic rings. The van der Waals surface area contributed by atoms with Crippen molar-refractivity contribution in [1.82, 2.24) is 4.90 Å². The average Bonchev–Trinajstić information content (AvgIpc) is 2.60. The molecular weight excluding hydrogens is 314 g/mol. The number of ether oxygens (including phenoxy) is 3. The summed E-state index contributed by atoms with van der Waals surface area (Å²) in [5.74, 6) is -0.492. The van der Waals surface area contributed by atoms with Crippen LogP contribution in [0.2, 0.25) is 0 Å². The number of carboxylic acids is 1. The van der Waals surface area contributed by atoms with Gasteiger partial charge in [-0.3, -0.25) is 4.79 Å². The first-order valence-corrected chi connectivity index (χ1v) is 7.98. The maximum Gasteiger partial charge on any atom is 0.341 e. The number of aliphatic carboxylic acids is 1. The summed E-state index contributed by atoms with van der Waals surface area (Å²) >= 11 is 0. The normalized spacial score (nSPS) is 17.4. The van der Waals surface area contributed by atoms with Crippen LogP contribution < -0.4 is 9.47 Å². The zero-order chi connectivity index (χ0) is 17.5. The SMILES string of the molecule is CCOc1cc(C(=O)N2CCC[C@H](OC)C2)ccc1OCC(=O)O. The van der Waals surface area contributed by atoms with Gasteiger partial charge in [-0.2, -0.15) is 0 Å². The predicted octanol–water partition coefficient (Wildman–Crippen LogP) is 1.80. The van der Waals surface area contributed by atoms with Crippen LogP contribution in [0.1, 0.15) is 30.1 Å². The summed E-state index contributed by atoms with van der Waals surface area (Å²) in [6, 6.07) is 4.79. The molecule has 0 spiro atoms. The Hall–Kier alpha value is -2.28. The van der Waals surface area contributed by atoms with Crippen molar-refractivity contribution in [3.8, 4) is 11.5 Å². The Kier molecular flexibility index (Phi) is 6.43. The summed E-state index contributed by atoms with van der Waals surface area (Å²) in [5, 5.41) is 8.72. The van der Waals surface area contributed by atoms with Crippen molar-refractivity contribution >= 4 is 11.9 Å². The van der Waals surface area contributed by atoms with Crippen LogP contribution in [0.25, 0.3) is 0 Å². The molecule has 7 nitrogen and oxygen atoms in total. The van der Waals surface area contributed by atoms with Crippen molar-refractivity contribution in [1.29, 1.82) is 0 Å². The summed E-state index contributed by atoms with van der Waals surface area (Å²) in [7, 11) is 1.65. The number of carbonyl (C=O) groups excluding carboxylic acids is 1. The lowest BCUT2D eigenvalue weighted by molar-refractivity contribution is -0.139. The number of piperidine rings is 1. The highest BCUT2D eigenvalue weighted by Gasteiger charge is 2.25. The van der Waals surface area contributed by atoms with E-state index >= 15 is 0 Å². The molecule has 7 heteroatoms. The number of rotatable bonds is 7. The first-order valence-electron chi connectivity index (χ1n) is 7.98. The fourth-order valence-corrected chi connectivity index (χ4v) is 2.67. The van der Waals surface area contributed by atoms with E-state index in [4.69, 9.17) is 19.3 Å². The van der Waals surface area contributed by atoms with E-state index in [1.807, 2.05) is 6.92 Å². The monoisotopic (exact) mass is 337 g/mol. The first-order chi connectivity index (χ1) is 11.5. The van der Waals surface area contributed by atoms with E-state index < -0.39 is 12.6 Å². The summed E-state index contributed by atoms with van der Waals surface area (Å²) in [5.41, 5.74) is 0.484. The van der Waals surface area contributed by atoms with Gasteiger partial charge in [0, 0.05) is 25.8 Å². The Morgan fingerprint density at radius 1 is 1.29 bits per heavy atom. The van der Waals surface area contributed by atoms with Crippen LogP contribution in [-0.4, -0.2) is 61.4 Å². The molecule has 1 fully saturated rings. The zero-order valence-corrected chi connectivity index (χ0v) is 14.0. The zero-order valence-electron chi connectivity index (χ0n) is 14.0. The minimum absolute atomic E-state index is 0.0623. The van der Waals surface area contributed by atoms with Crippen LogP contribution >= 0.6 is 0 Å². The minimum Gasteiger partial charge on any atom is -0.490 e. The molecule has 0 bridgehead atoms. The van der Waals surface area contributed by atoms with E-state index in [0.717, 1.165) is 12.8 Å². The van der Waals surface area contributed by atoms with Crippen LogP contribution in [0.3, 0.4) is 0 Å². The maximum absolute atomic E-state index is 12.7. The number of carboxylic acid groups (broad SMARTS) is 1. The van der Waals surface area contributed by atoms with Gasteiger partial charge in [-0.15, -0.1) is 0 Å². The number of hydrogen-bond donors (Lipinski definition) is 1. The second-order valence-corrected chi connectivity index (χ2v) is 5.53. The largest absolute Gasteiger partial charge is 0.490 e. The standard InChI is InChI=1S/C17H23NO6/c1-3-23-15-9-12(6-7-14(15)24-11-16(19)20)17(21)18-8-4-5-13(10-18)22-2/h6-7,9,13H,3-5,8,10-11H2,1-2H3,(H,19,20)/t13-/m0/s1. The molecule has 132 valence electrons. The lowest BCUT2D eigenvalue weighted by atomic mass is 10.1. The third-order valence-corrected chi connectivity index (χ3v) is 3.84. The summed E-state index contributed by atoms with van der Waals surface area (Å²) < 4.78 is 16.0. The number of methoxy groups -OCH3 is 1. The Balaban J connectivity index is 2.15. The molecule has 0 saturated carbocycles. The highest BCUT2D eigenvalue weighted by atomic mass is 16.5. The van der Waals surface area contributed by atoms with Gasteiger partial charge in [-0.1, -0.05) is 0 Å². The Morgan fingerprint density at radius 2 is 2.08 bits per heavy atom. The quantitative estimate of drug-likeness (QED) is 0.816. The molecule has 1 aliphatic heterocycles. The molecule has 2 rings (SSSR count). The van der Waals surface area contributed by atoms with E-state index in [2.05, 4.69) is 0 Å². The third-order valence-electron chi connectivity index (χ3n) is 3.84. The Morgan fingerprint density at radius 3 is 2.75 bits per heavy atom. The van der Waals surface area contributed by atoms with Crippen LogP contribution in [-0.2, 0) is 9.53 Å². The van der Waals surface area contributed by atoms with Gasteiger partial charge in [-0.05, 0) is 38.0 Å². The highest BCUT2D eigenvalue weighted by molar-refractivity contribution is 5.95. The van der Waals surface area contributed by atoms with Crippen LogP contribution in [0.4, 0.5) is 0 Å². The molecule has 0 aromatic heterocycles. The minimum atomic E-state index is -1.07. The molecule has 1 atom stereocenters. The van der Waals surface area contributed by atoms with Crippen molar-refractivity contribution in [2.24, 2.45) is 0 Å². The molecule has 0 unspecified atom stereocenters. The first kappa shape index (κ1) is 18.1. The van der Waals surface area contributed by atoms with Gasteiger partial charge in [0.25, 0.3) is 5.91 Å². The molecule has 24 heavy (non-hydrogen) atoms. The number of likely N-dealkylation sites (tertiary alicyclic amines) is 1. The molecule has 1 aromatic rings. The number of benzene rings is 1. The summed E-state index contributed by atoms with van der Waals surface area (Å²) in [6.45, 7) is 2.99. The fraction of sp³-hybridized carbons (Fsp3) is 0.529. The molecule has 0 aliphatic carbocycles. The molecule has 1 amide bonds. The highest BCUT2D eigenvalue weighted by Crippen LogP contribution is 2.29. The molecular formula is C17H23NO6. The number of nitrogens with zero attached hydrogens (tertiary/aromatic N) is 1. The van der Waals surface area contributed by atoms with Crippen molar-refractivity contribution in [3.63, 3.8) is 0 Å². The van der Waals surface area contributed by atoms with E-state index in [9.17, 15) is 9.59 Å². The van der Waals surface area contributed by atoms with Crippen LogP contribution in [0, 0.1) is 0 Å². The Bertz CT molecular complexity index is 588. The van der Waals surface area contributed by atoms with Gasteiger partial charge in [-0.25, -0.2) is 4.79 Å². The van der Waals surface area contributed by atoms with E-state index in [1.165, 1.54) is 0 Å². The Labute approximate surface area is 141 Å². The van der Waals surface area contributed by atoms with Crippen molar-refractivity contribution in [2.75, 3.05) is 33.4 Å². The van der Waals surface area contributed by atoms with Crippen molar-refractivity contribution in [2.45, 2.75) is 25.9 Å². The summed E-state index contributed by atoms with van der Waals surface area (Å²) in [4.78, 5) is 25.1. The second-order valence-electron chi connectivity index (χ2n) is 5.53. The fourth-order valence-electron chi connectivity index (χ4n) is 2.67. The van der Waals surface area contributed by atoms with E-state index in [1.54, 1.807) is 30.2 Å². The number of carbonyl (C=O) groups is 2. The van der Waals surface area contributed by atoms with Gasteiger partial charge >= 0.3 is 5.97 Å². The number of hydrogen-bond acceptors (Lipinski definition) is 5. The summed E-state index contributed by atoms with van der Waals surface area (Å²) in [6.07, 6.45) is 1.92. The van der Waals surface area contributed by atoms with Gasteiger partial charge in [0.05, 0.1) is 12.7 Å². The lowest BCUT2D eigenvalue weighted by Gasteiger charge is -2.32.